The van der Waals surface area contributed by atoms with Gasteiger partial charge in [0.1, 0.15) is 22.3 Å². The summed E-state index contributed by atoms with van der Waals surface area (Å²) in [4.78, 5) is 17.7. The highest BCUT2D eigenvalue weighted by Gasteiger charge is 2.24. The minimum Gasteiger partial charge on any atom is -0.456 e. The van der Waals surface area contributed by atoms with Crippen LogP contribution in [0.25, 0.3) is 99.9 Å². The van der Waals surface area contributed by atoms with Crippen LogP contribution in [0.1, 0.15) is 0 Å². The van der Waals surface area contributed by atoms with E-state index in [4.69, 9.17) is 23.8 Å². The normalized spacial score (nSPS) is 11.6. The first-order valence-corrected chi connectivity index (χ1v) is 20.3. The van der Waals surface area contributed by atoms with Gasteiger partial charge < -0.3 is 13.7 Å². The lowest BCUT2D eigenvalue weighted by molar-refractivity contribution is 0.669. The van der Waals surface area contributed by atoms with Crippen molar-refractivity contribution in [3.8, 4) is 45.3 Å². The summed E-state index contributed by atoms with van der Waals surface area (Å²) in [5.74, 6) is 1.77. The molecule has 0 N–H and O–H groups in total. The van der Waals surface area contributed by atoms with Crippen molar-refractivity contribution in [1.82, 2.24) is 15.0 Å². The molecule has 3 heterocycles. The number of fused-ring (bicyclic) bond motifs is 8. The van der Waals surface area contributed by atoms with Crippen LogP contribution in [0.3, 0.4) is 0 Å². The number of para-hydroxylation sites is 2. The molecule has 0 aliphatic heterocycles. The summed E-state index contributed by atoms with van der Waals surface area (Å²) in [5, 5.41) is 6.26. The summed E-state index contributed by atoms with van der Waals surface area (Å²) in [6, 6.07) is 70.9. The summed E-state index contributed by atoms with van der Waals surface area (Å²) < 4.78 is 13.3. The zero-order valence-corrected chi connectivity index (χ0v) is 32.7. The Labute approximate surface area is 350 Å². The van der Waals surface area contributed by atoms with Crippen LogP contribution in [-0.4, -0.2) is 15.0 Å². The van der Waals surface area contributed by atoms with Crippen LogP contribution in [-0.2, 0) is 0 Å². The van der Waals surface area contributed by atoms with E-state index < -0.39 is 0 Å². The Morgan fingerprint density at radius 2 is 0.852 bits per heavy atom. The van der Waals surface area contributed by atoms with Gasteiger partial charge in [-0.05, 0) is 52.9 Å². The lowest BCUT2D eigenvalue weighted by Gasteiger charge is -2.27. The second-order valence-electron chi connectivity index (χ2n) is 15.2. The van der Waals surface area contributed by atoms with Gasteiger partial charge in [-0.1, -0.05) is 158 Å². The van der Waals surface area contributed by atoms with Crippen LogP contribution >= 0.6 is 0 Å². The van der Waals surface area contributed by atoms with Gasteiger partial charge in [-0.15, -0.1) is 0 Å². The third kappa shape index (κ3) is 5.92. The van der Waals surface area contributed by atoms with Crippen molar-refractivity contribution in [2.24, 2.45) is 0 Å². The predicted molar refractivity (Wildman–Crippen MR) is 248 cm³/mol. The van der Waals surface area contributed by atoms with Crippen LogP contribution in [0.4, 0.5) is 17.1 Å². The average molecular weight is 783 g/mol. The van der Waals surface area contributed by atoms with E-state index in [9.17, 15) is 0 Å². The monoisotopic (exact) mass is 782 g/mol. The molecule has 0 aliphatic rings. The van der Waals surface area contributed by atoms with Gasteiger partial charge >= 0.3 is 0 Å². The van der Waals surface area contributed by atoms with E-state index in [1.807, 2.05) is 72.8 Å². The molecule has 0 radical (unpaired) electrons. The fourth-order valence-corrected chi connectivity index (χ4v) is 8.68. The molecule has 12 rings (SSSR count). The maximum atomic E-state index is 6.86. The van der Waals surface area contributed by atoms with Crippen LogP contribution in [0, 0.1) is 0 Å². The van der Waals surface area contributed by atoms with Gasteiger partial charge in [-0.25, -0.2) is 15.0 Å². The predicted octanol–water partition coefficient (Wildman–Crippen LogP) is 15.0. The Bertz CT molecular complexity index is 3580. The third-order valence-electron chi connectivity index (χ3n) is 11.5. The lowest BCUT2D eigenvalue weighted by atomic mass is 9.98. The van der Waals surface area contributed by atoms with Gasteiger partial charge in [0.25, 0.3) is 0 Å². The fourth-order valence-electron chi connectivity index (χ4n) is 8.68. The van der Waals surface area contributed by atoms with E-state index in [0.29, 0.717) is 17.5 Å². The average Bonchev–Trinajstić information content (AvgIpc) is 3.91. The van der Waals surface area contributed by atoms with Crippen LogP contribution < -0.4 is 4.90 Å². The first-order valence-electron chi connectivity index (χ1n) is 20.3. The van der Waals surface area contributed by atoms with Gasteiger partial charge in [0.2, 0.25) is 0 Å². The van der Waals surface area contributed by atoms with E-state index in [1.165, 1.54) is 0 Å². The minimum absolute atomic E-state index is 0.572. The van der Waals surface area contributed by atoms with E-state index in [-0.39, 0.29) is 0 Å². The number of anilines is 3. The molecule has 0 amide bonds. The molecule has 0 bridgehead atoms. The Hall–Kier alpha value is -8.35. The molecule has 12 aromatic rings. The maximum absolute atomic E-state index is 6.86. The third-order valence-corrected chi connectivity index (χ3v) is 11.5. The van der Waals surface area contributed by atoms with Gasteiger partial charge in [0.15, 0.2) is 17.5 Å². The highest BCUT2D eigenvalue weighted by atomic mass is 16.3. The molecule has 6 heteroatoms. The molecule has 6 nitrogen and oxygen atoms in total. The molecule has 0 spiro atoms. The van der Waals surface area contributed by atoms with E-state index in [2.05, 4.69) is 138 Å². The zero-order chi connectivity index (χ0) is 40.3. The molecule has 61 heavy (non-hydrogen) atoms. The highest BCUT2D eigenvalue weighted by Crippen LogP contribution is 2.47. The Kier molecular flexibility index (Phi) is 8.06. The van der Waals surface area contributed by atoms with Crippen molar-refractivity contribution in [2.45, 2.75) is 0 Å². The second-order valence-corrected chi connectivity index (χ2v) is 15.2. The first-order chi connectivity index (χ1) is 30.2. The number of nitrogens with zero attached hydrogens (tertiary/aromatic N) is 4. The van der Waals surface area contributed by atoms with E-state index in [0.717, 1.165) is 99.5 Å². The van der Waals surface area contributed by atoms with Crippen LogP contribution in [0.5, 0.6) is 0 Å². The Balaban J connectivity index is 1.06. The number of furan rings is 2. The van der Waals surface area contributed by atoms with Gasteiger partial charge in [0.05, 0.1) is 5.69 Å². The largest absolute Gasteiger partial charge is 0.456 e. The maximum Gasteiger partial charge on any atom is 0.164 e. The van der Waals surface area contributed by atoms with Crippen LogP contribution in [0.2, 0.25) is 0 Å². The van der Waals surface area contributed by atoms with Gasteiger partial charge in [0, 0.05) is 67.1 Å². The Morgan fingerprint density at radius 1 is 0.311 bits per heavy atom. The van der Waals surface area contributed by atoms with Crippen molar-refractivity contribution < 1.29 is 8.83 Å². The molecule has 3 aromatic heterocycles. The van der Waals surface area contributed by atoms with Gasteiger partial charge in [-0.2, -0.15) is 0 Å². The number of hydrogen-bond donors (Lipinski definition) is 0. The molecular weight excluding hydrogens is 749 g/mol. The lowest BCUT2D eigenvalue weighted by Crippen LogP contribution is -2.10. The van der Waals surface area contributed by atoms with Gasteiger partial charge in [-0.3, -0.25) is 0 Å². The second kappa shape index (κ2) is 14.2. The van der Waals surface area contributed by atoms with Crippen molar-refractivity contribution in [2.75, 3.05) is 4.90 Å². The SMILES string of the molecule is c1ccc(-c2ccc(-c3nc(-c4ccccc4)nc(-c4cccc5oc6cc(N(c7ccccc7)c7ccc8c(c7)oc7ccccc78)c7ccccc7c6c45)n3)cc2)cc1. The minimum atomic E-state index is 0.572. The highest BCUT2D eigenvalue weighted by molar-refractivity contribution is 6.25. The van der Waals surface area contributed by atoms with Crippen molar-refractivity contribution in [1.29, 1.82) is 0 Å². The summed E-state index contributed by atoms with van der Waals surface area (Å²) in [6.07, 6.45) is 0. The fraction of sp³-hybridized carbons (Fsp3) is 0. The molecule has 9 aromatic carbocycles. The molecule has 0 atom stereocenters. The molecule has 0 saturated carbocycles. The van der Waals surface area contributed by atoms with Crippen molar-refractivity contribution >= 4 is 71.7 Å². The smallest absolute Gasteiger partial charge is 0.164 e. The van der Waals surface area contributed by atoms with E-state index in [1.54, 1.807) is 0 Å². The molecular formula is C55H34N4O2. The number of benzene rings is 9. The van der Waals surface area contributed by atoms with Crippen molar-refractivity contribution in [3.63, 3.8) is 0 Å². The first kappa shape index (κ1) is 34.7. The Morgan fingerprint density at radius 3 is 1.61 bits per heavy atom. The molecule has 0 aliphatic carbocycles. The topological polar surface area (TPSA) is 68.2 Å². The summed E-state index contributed by atoms with van der Waals surface area (Å²) >= 11 is 0. The summed E-state index contributed by atoms with van der Waals surface area (Å²) in [7, 11) is 0. The quantitative estimate of drug-likeness (QED) is 0.160. The molecule has 0 fully saturated rings. The molecule has 0 unspecified atom stereocenters. The zero-order valence-electron chi connectivity index (χ0n) is 32.7. The standard InChI is InChI=1S/C55H34N4O2/c1-4-15-35(16-5-1)36-27-29-38(30-28-36)54-56-53(37-17-6-2-7-18-37)57-55(58-54)45-24-14-26-48-52(45)51-44-23-11-10-21-41(44)46(34-50(51)61-48)59(39-19-8-3-9-20-39)40-31-32-43-42-22-12-13-25-47(42)60-49(43)33-40/h1-34H. The van der Waals surface area contributed by atoms with Crippen LogP contribution in [0.15, 0.2) is 215 Å². The van der Waals surface area contributed by atoms with E-state index >= 15 is 0 Å². The summed E-state index contributed by atoms with van der Waals surface area (Å²) in [5.41, 5.74) is 11.2. The van der Waals surface area contributed by atoms with Crippen molar-refractivity contribution in [3.05, 3.63) is 206 Å². The molecule has 286 valence electrons. The number of rotatable bonds is 7. The molecule has 0 saturated heterocycles. The summed E-state index contributed by atoms with van der Waals surface area (Å²) in [6.45, 7) is 0. The number of hydrogen-bond acceptors (Lipinski definition) is 6. The number of aromatic nitrogens is 3.